The summed E-state index contributed by atoms with van der Waals surface area (Å²) in [5, 5.41) is 6.34. The first-order valence-corrected chi connectivity index (χ1v) is 7.87. The van der Waals surface area contributed by atoms with E-state index in [1.54, 1.807) is 11.3 Å². The molecule has 0 bridgehead atoms. The smallest absolute Gasteiger partial charge is 0.0438 e. The summed E-state index contributed by atoms with van der Waals surface area (Å²) in [5.41, 5.74) is 1.20. The minimum absolute atomic E-state index is 0.412. The molecular weight excluding hydrogens is 330 g/mol. The summed E-state index contributed by atoms with van der Waals surface area (Å²) in [4.78, 5) is 1.38. The molecule has 1 aromatic carbocycles. The highest BCUT2D eigenvalue weighted by Crippen LogP contribution is 2.23. The maximum atomic E-state index is 6.20. The predicted octanol–water partition coefficient (Wildman–Crippen LogP) is 4.54. The molecule has 0 spiro atoms. The van der Waals surface area contributed by atoms with E-state index in [4.69, 9.17) is 11.6 Å². The van der Waals surface area contributed by atoms with Crippen LogP contribution in [0.3, 0.4) is 0 Å². The van der Waals surface area contributed by atoms with Crippen molar-refractivity contribution in [1.82, 2.24) is 5.32 Å². The standard InChI is InChI=1S/C14H15BrClNS/c1-17-12(8-13-7-11(15)9-18-13)6-10-4-2-3-5-14(10)16/h2-5,7,9,12,17H,6,8H2,1H3. The highest BCUT2D eigenvalue weighted by atomic mass is 79.9. The number of hydrogen-bond acceptors (Lipinski definition) is 2. The average Bonchev–Trinajstić information content (AvgIpc) is 2.76. The summed E-state index contributed by atoms with van der Waals surface area (Å²) in [7, 11) is 2.00. The molecular formula is C14H15BrClNS. The Balaban J connectivity index is 2.04. The molecule has 18 heavy (non-hydrogen) atoms. The van der Waals surface area contributed by atoms with Gasteiger partial charge in [0.05, 0.1) is 0 Å². The lowest BCUT2D eigenvalue weighted by Crippen LogP contribution is -2.29. The molecule has 1 heterocycles. The Morgan fingerprint density at radius 3 is 2.72 bits per heavy atom. The van der Waals surface area contributed by atoms with E-state index in [9.17, 15) is 0 Å². The van der Waals surface area contributed by atoms with Crippen LogP contribution in [0, 0.1) is 0 Å². The van der Waals surface area contributed by atoms with Crippen molar-refractivity contribution in [2.75, 3.05) is 7.05 Å². The number of hydrogen-bond donors (Lipinski definition) is 1. The summed E-state index contributed by atoms with van der Waals surface area (Å²) in [6, 6.07) is 10.6. The number of benzene rings is 1. The van der Waals surface area contributed by atoms with Crippen molar-refractivity contribution in [2.24, 2.45) is 0 Å². The lowest BCUT2D eigenvalue weighted by Gasteiger charge is -2.16. The zero-order valence-electron chi connectivity index (χ0n) is 10.1. The fourth-order valence-electron chi connectivity index (χ4n) is 1.91. The average molecular weight is 345 g/mol. The van der Waals surface area contributed by atoms with Crippen molar-refractivity contribution in [3.8, 4) is 0 Å². The summed E-state index contributed by atoms with van der Waals surface area (Å²) in [6.07, 6.45) is 1.98. The van der Waals surface area contributed by atoms with Gasteiger partial charge in [-0.2, -0.15) is 0 Å². The van der Waals surface area contributed by atoms with E-state index in [2.05, 4.69) is 38.8 Å². The molecule has 0 aliphatic rings. The van der Waals surface area contributed by atoms with Crippen LogP contribution in [-0.4, -0.2) is 13.1 Å². The van der Waals surface area contributed by atoms with E-state index in [1.807, 2.05) is 25.2 Å². The molecule has 0 saturated heterocycles. The van der Waals surface area contributed by atoms with Crippen LogP contribution in [0.2, 0.25) is 5.02 Å². The van der Waals surface area contributed by atoms with E-state index in [0.717, 1.165) is 22.3 Å². The zero-order valence-corrected chi connectivity index (χ0v) is 13.3. The minimum atomic E-state index is 0.412. The Hall–Kier alpha value is -0.350. The van der Waals surface area contributed by atoms with Crippen molar-refractivity contribution in [2.45, 2.75) is 18.9 Å². The van der Waals surface area contributed by atoms with Crippen LogP contribution >= 0.6 is 38.9 Å². The first-order valence-electron chi connectivity index (χ1n) is 5.82. The molecule has 1 aromatic heterocycles. The number of nitrogens with one attached hydrogen (secondary N) is 1. The molecule has 0 aliphatic heterocycles. The van der Waals surface area contributed by atoms with E-state index >= 15 is 0 Å². The van der Waals surface area contributed by atoms with Gasteiger partial charge in [0.1, 0.15) is 0 Å². The largest absolute Gasteiger partial charge is 0.316 e. The Morgan fingerprint density at radius 1 is 1.33 bits per heavy atom. The molecule has 4 heteroatoms. The van der Waals surface area contributed by atoms with Gasteiger partial charge in [-0.05, 0) is 53.5 Å². The lowest BCUT2D eigenvalue weighted by molar-refractivity contribution is 0.560. The maximum absolute atomic E-state index is 6.20. The van der Waals surface area contributed by atoms with Crippen molar-refractivity contribution in [1.29, 1.82) is 0 Å². The topological polar surface area (TPSA) is 12.0 Å². The van der Waals surface area contributed by atoms with Crippen LogP contribution < -0.4 is 5.32 Å². The second-order valence-corrected chi connectivity index (χ2v) is 6.54. The molecule has 0 aliphatic carbocycles. The second kappa shape index (κ2) is 6.71. The molecule has 1 atom stereocenters. The molecule has 96 valence electrons. The van der Waals surface area contributed by atoms with Crippen molar-refractivity contribution in [3.63, 3.8) is 0 Å². The third kappa shape index (κ3) is 3.82. The maximum Gasteiger partial charge on any atom is 0.0438 e. The first-order chi connectivity index (χ1) is 8.69. The molecule has 2 aromatic rings. The zero-order chi connectivity index (χ0) is 13.0. The Bertz CT molecular complexity index is 512. The predicted molar refractivity (Wildman–Crippen MR) is 83.7 cm³/mol. The molecule has 0 amide bonds. The molecule has 1 unspecified atom stereocenters. The Morgan fingerprint density at radius 2 is 2.11 bits per heavy atom. The molecule has 0 saturated carbocycles. The van der Waals surface area contributed by atoms with Gasteiger partial charge in [-0.25, -0.2) is 0 Å². The Kier molecular flexibility index (Phi) is 5.25. The highest BCUT2D eigenvalue weighted by Gasteiger charge is 2.11. The third-order valence-corrected chi connectivity index (χ3v) is 4.99. The fraction of sp³-hybridized carbons (Fsp3) is 0.286. The van der Waals surface area contributed by atoms with Crippen molar-refractivity contribution >= 4 is 38.9 Å². The van der Waals surface area contributed by atoms with E-state index < -0.39 is 0 Å². The molecule has 1 nitrogen and oxygen atoms in total. The van der Waals surface area contributed by atoms with Crippen molar-refractivity contribution in [3.05, 3.63) is 55.6 Å². The van der Waals surface area contributed by atoms with Gasteiger partial charge >= 0.3 is 0 Å². The summed E-state index contributed by atoms with van der Waals surface area (Å²) >= 11 is 11.5. The van der Waals surface area contributed by atoms with E-state index in [0.29, 0.717) is 6.04 Å². The van der Waals surface area contributed by atoms with Crippen LogP contribution in [0.1, 0.15) is 10.4 Å². The SMILES string of the molecule is CNC(Cc1cc(Br)cs1)Cc1ccccc1Cl. The summed E-state index contributed by atoms with van der Waals surface area (Å²) < 4.78 is 1.16. The van der Waals surface area contributed by atoms with Crippen LogP contribution in [0.4, 0.5) is 0 Å². The quantitative estimate of drug-likeness (QED) is 0.840. The molecule has 2 rings (SSSR count). The van der Waals surface area contributed by atoms with Gasteiger partial charge < -0.3 is 5.32 Å². The Labute approximate surface area is 125 Å². The van der Waals surface area contributed by atoms with Gasteiger partial charge in [0.2, 0.25) is 0 Å². The van der Waals surface area contributed by atoms with Crippen LogP contribution in [-0.2, 0) is 12.8 Å². The highest BCUT2D eigenvalue weighted by molar-refractivity contribution is 9.10. The van der Waals surface area contributed by atoms with Crippen LogP contribution in [0.15, 0.2) is 40.2 Å². The van der Waals surface area contributed by atoms with Gasteiger partial charge in [-0.1, -0.05) is 29.8 Å². The van der Waals surface area contributed by atoms with Gasteiger partial charge in [-0.3, -0.25) is 0 Å². The summed E-state index contributed by atoms with van der Waals surface area (Å²) in [5.74, 6) is 0. The first kappa shape index (κ1) is 14.1. The third-order valence-electron chi connectivity index (χ3n) is 2.90. The van der Waals surface area contributed by atoms with Gasteiger partial charge in [-0.15, -0.1) is 11.3 Å². The number of thiophene rings is 1. The van der Waals surface area contributed by atoms with Crippen molar-refractivity contribution < 1.29 is 0 Å². The number of likely N-dealkylation sites (N-methyl/N-ethyl adjacent to an activating group) is 1. The van der Waals surface area contributed by atoms with Gasteiger partial charge in [0.25, 0.3) is 0 Å². The van der Waals surface area contributed by atoms with E-state index in [1.165, 1.54) is 10.4 Å². The summed E-state index contributed by atoms with van der Waals surface area (Å²) in [6.45, 7) is 0. The molecule has 0 radical (unpaired) electrons. The molecule has 1 N–H and O–H groups in total. The number of halogens is 2. The van der Waals surface area contributed by atoms with Crippen LogP contribution in [0.25, 0.3) is 0 Å². The van der Waals surface area contributed by atoms with Gasteiger partial charge in [0, 0.05) is 25.8 Å². The minimum Gasteiger partial charge on any atom is -0.316 e. The van der Waals surface area contributed by atoms with Gasteiger partial charge in [0.15, 0.2) is 0 Å². The van der Waals surface area contributed by atoms with Crippen LogP contribution in [0.5, 0.6) is 0 Å². The normalized spacial score (nSPS) is 12.6. The fourth-order valence-corrected chi connectivity index (χ4v) is 3.65. The molecule has 0 fully saturated rings. The lowest BCUT2D eigenvalue weighted by atomic mass is 10.0. The second-order valence-electron chi connectivity index (χ2n) is 4.22. The number of rotatable bonds is 5. The monoisotopic (exact) mass is 343 g/mol. The van der Waals surface area contributed by atoms with E-state index in [-0.39, 0.29) is 0 Å².